The van der Waals surface area contributed by atoms with Crippen molar-refractivity contribution in [3.05, 3.63) is 90.2 Å². The van der Waals surface area contributed by atoms with Crippen molar-refractivity contribution in [1.29, 1.82) is 0 Å². The molecule has 0 aliphatic heterocycles. The summed E-state index contributed by atoms with van der Waals surface area (Å²) in [5.41, 5.74) is 2.80. The fourth-order valence-corrected chi connectivity index (χ4v) is 3.08. The van der Waals surface area contributed by atoms with E-state index in [4.69, 9.17) is 9.15 Å². The Bertz CT molecular complexity index is 1160. The molecule has 0 bridgehead atoms. The smallest absolute Gasteiger partial charge is 0.291 e. The summed E-state index contributed by atoms with van der Waals surface area (Å²) < 4.78 is 10.7. The lowest BCUT2D eigenvalue weighted by Gasteiger charge is -2.08. The van der Waals surface area contributed by atoms with Crippen molar-refractivity contribution in [2.75, 3.05) is 17.7 Å². The Morgan fingerprint density at radius 1 is 0.867 bits per heavy atom. The van der Waals surface area contributed by atoms with Crippen molar-refractivity contribution in [1.82, 2.24) is 0 Å². The van der Waals surface area contributed by atoms with Crippen LogP contribution >= 0.6 is 0 Å². The van der Waals surface area contributed by atoms with Crippen molar-refractivity contribution in [3.8, 4) is 5.75 Å². The van der Waals surface area contributed by atoms with Gasteiger partial charge in [-0.2, -0.15) is 0 Å². The number of benzene rings is 3. The van der Waals surface area contributed by atoms with Gasteiger partial charge in [-0.1, -0.05) is 36.4 Å². The number of hydrogen-bond acceptors (Lipinski definition) is 4. The fourth-order valence-electron chi connectivity index (χ4n) is 3.08. The molecule has 0 radical (unpaired) electrons. The van der Waals surface area contributed by atoms with Crippen LogP contribution in [0.1, 0.15) is 16.1 Å². The monoisotopic (exact) mass is 400 g/mol. The van der Waals surface area contributed by atoms with E-state index in [1.54, 1.807) is 49.6 Å². The Kier molecular flexibility index (Phi) is 5.48. The molecular weight excluding hydrogens is 380 g/mol. The molecule has 6 heteroatoms. The number of anilines is 2. The highest BCUT2D eigenvalue weighted by Crippen LogP contribution is 2.20. The Balaban J connectivity index is 1.36. The number of furan rings is 1. The number of hydrogen-bond donors (Lipinski definition) is 2. The quantitative estimate of drug-likeness (QED) is 0.484. The SMILES string of the molecule is COc1cccc(NC(=O)Cc2ccc(NC(=O)c3cc4ccccc4o3)cc2)c1. The molecule has 2 amide bonds. The summed E-state index contributed by atoms with van der Waals surface area (Å²) in [5, 5.41) is 6.53. The van der Waals surface area contributed by atoms with Crippen molar-refractivity contribution < 1.29 is 18.7 Å². The van der Waals surface area contributed by atoms with Gasteiger partial charge in [0.05, 0.1) is 13.5 Å². The standard InChI is InChI=1S/C24H20N2O4/c1-29-20-7-4-6-19(15-20)25-23(27)13-16-9-11-18(12-10-16)26-24(28)22-14-17-5-2-3-8-21(17)30-22/h2-12,14-15H,13H2,1H3,(H,25,27)(H,26,28). The molecule has 0 saturated carbocycles. The number of nitrogens with one attached hydrogen (secondary N) is 2. The molecule has 0 spiro atoms. The summed E-state index contributed by atoms with van der Waals surface area (Å²) in [6, 6.07) is 23.5. The van der Waals surface area contributed by atoms with Gasteiger partial charge in [0.2, 0.25) is 5.91 Å². The van der Waals surface area contributed by atoms with Crippen LogP contribution < -0.4 is 15.4 Å². The maximum absolute atomic E-state index is 12.4. The molecule has 2 N–H and O–H groups in total. The van der Waals surface area contributed by atoms with Gasteiger partial charge in [0.15, 0.2) is 5.76 Å². The maximum atomic E-state index is 12.4. The van der Waals surface area contributed by atoms with Gasteiger partial charge in [0.25, 0.3) is 5.91 Å². The highest BCUT2D eigenvalue weighted by molar-refractivity contribution is 6.04. The van der Waals surface area contributed by atoms with E-state index in [1.165, 1.54) is 0 Å². The van der Waals surface area contributed by atoms with Crippen LogP contribution in [0, 0.1) is 0 Å². The van der Waals surface area contributed by atoms with Gasteiger partial charge in [-0.3, -0.25) is 9.59 Å². The van der Waals surface area contributed by atoms with Gasteiger partial charge in [-0.15, -0.1) is 0 Å². The predicted octanol–water partition coefficient (Wildman–Crippen LogP) is 4.87. The lowest BCUT2D eigenvalue weighted by Crippen LogP contribution is -2.14. The van der Waals surface area contributed by atoms with Crippen LogP contribution in [0.15, 0.2) is 83.3 Å². The van der Waals surface area contributed by atoms with Crippen LogP contribution in [-0.2, 0) is 11.2 Å². The summed E-state index contributed by atoms with van der Waals surface area (Å²) in [6.07, 6.45) is 0.217. The zero-order valence-corrected chi connectivity index (χ0v) is 16.3. The minimum atomic E-state index is -0.324. The fraction of sp³-hybridized carbons (Fsp3) is 0.0833. The van der Waals surface area contributed by atoms with E-state index < -0.39 is 0 Å². The van der Waals surface area contributed by atoms with Crippen LogP contribution in [0.5, 0.6) is 5.75 Å². The molecule has 1 aromatic heterocycles. The number of carbonyl (C=O) groups is 2. The lowest BCUT2D eigenvalue weighted by molar-refractivity contribution is -0.115. The van der Waals surface area contributed by atoms with E-state index in [9.17, 15) is 9.59 Å². The number of carbonyl (C=O) groups excluding carboxylic acids is 2. The normalized spacial score (nSPS) is 10.6. The van der Waals surface area contributed by atoms with Crippen molar-refractivity contribution in [3.63, 3.8) is 0 Å². The first-order chi connectivity index (χ1) is 14.6. The van der Waals surface area contributed by atoms with Gasteiger partial charge in [0, 0.05) is 22.8 Å². The zero-order chi connectivity index (χ0) is 20.9. The second-order valence-electron chi connectivity index (χ2n) is 6.76. The molecule has 30 heavy (non-hydrogen) atoms. The summed E-state index contributed by atoms with van der Waals surface area (Å²) >= 11 is 0. The molecule has 0 fully saturated rings. The van der Waals surface area contributed by atoms with Crippen molar-refractivity contribution >= 4 is 34.2 Å². The highest BCUT2D eigenvalue weighted by atomic mass is 16.5. The maximum Gasteiger partial charge on any atom is 0.291 e. The second kappa shape index (κ2) is 8.53. The molecule has 1 heterocycles. The number of methoxy groups -OCH3 is 1. The molecule has 0 aliphatic carbocycles. The van der Waals surface area contributed by atoms with E-state index in [-0.39, 0.29) is 24.0 Å². The third-order valence-electron chi connectivity index (χ3n) is 4.58. The van der Waals surface area contributed by atoms with Crippen molar-refractivity contribution in [2.45, 2.75) is 6.42 Å². The number of ether oxygens (including phenoxy) is 1. The van der Waals surface area contributed by atoms with Crippen LogP contribution in [0.4, 0.5) is 11.4 Å². The Morgan fingerprint density at radius 3 is 2.43 bits per heavy atom. The second-order valence-corrected chi connectivity index (χ2v) is 6.76. The van der Waals surface area contributed by atoms with E-state index in [0.29, 0.717) is 22.7 Å². The Morgan fingerprint density at radius 2 is 1.67 bits per heavy atom. The molecule has 0 saturated heterocycles. The van der Waals surface area contributed by atoms with Crippen LogP contribution in [0.3, 0.4) is 0 Å². The molecule has 3 aromatic carbocycles. The minimum absolute atomic E-state index is 0.137. The first kappa shape index (κ1) is 19.3. The first-order valence-corrected chi connectivity index (χ1v) is 9.43. The van der Waals surface area contributed by atoms with Crippen molar-refractivity contribution in [2.24, 2.45) is 0 Å². The van der Waals surface area contributed by atoms with Crippen LogP contribution in [-0.4, -0.2) is 18.9 Å². The zero-order valence-electron chi connectivity index (χ0n) is 16.3. The molecule has 6 nitrogen and oxygen atoms in total. The number of rotatable bonds is 6. The topological polar surface area (TPSA) is 80.6 Å². The summed E-state index contributed by atoms with van der Waals surface area (Å²) in [5.74, 6) is 0.465. The molecule has 0 aliphatic rings. The summed E-state index contributed by atoms with van der Waals surface area (Å²) in [6.45, 7) is 0. The minimum Gasteiger partial charge on any atom is -0.497 e. The molecule has 150 valence electrons. The third-order valence-corrected chi connectivity index (χ3v) is 4.58. The largest absolute Gasteiger partial charge is 0.497 e. The van der Waals surface area contributed by atoms with E-state index in [2.05, 4.69) is 10.6 Å². The first-order valence-electron chi connectivity index (χ1n) is 9.43. The molecule has 4 aromatic rings. The Labute approximate surface area is 173 Å². The number of amides is 2. The van der Waals surface area contributed by atoms with Gasteiger partial charge < -0.3 is 19.8 Å². The molecule has 0 atom stereocenters. The average Bonchev–Trinajstić information content (AvgIpc) is 3.20. The Hall–Kier alpha value is -4.06. The predicted molar refractivity (Wildman–Crippen MR) is 116 cm³/mol. The van der Waals surface area contributed by atoms with E-state index >= 15 is 0 Å². The van der Waals surface area contributed by atoms with E-state index in [1.807, 2.05) is 36.4 Å². The molecular formula is C24H20N2O4. The van der Waals surface area contributed by atoms with Gasteiger partial charge >= 0.3 is 0 Å². The van der Waals surface area contributed by atoms with Gasteiger partial charge in [0.1, 0.15) is 11.3 Å². The molecule has 4 rings (SSSR count). The van der Waals surface area contributed by atoms with E-state index in [0.717, 1.165) is 10.9 Å². The highest BCUT2D eigenvalue weighted by Gasteiger charge is 2.12. The van der Waals surface area contributed by atoms with Crippen LogP contribution in [0.25, 0.3) is 11.0 Å². The van der Waals surface area contributed by atoms with Gasteiger partial charge in [-0.05, 0) is 42.0 Å². The summed E-state index contributed by atoms with van der Waals surface area (Å²) in [7, 11) is 1.58. The number of para-hydroxylation sites is 1. The third kappa shape index (κ3) is 4.50. The van der Waals surface area contributed by atoms with Gasteiger partial charge in [-0.25, -0.2) is 0 Å². The summed E-state index contributed by atoms with van der Waals surface area (Å²) in [4.78, 5) is 24.7. The van der Waals surface area contributed by atoms with Crippen LogP contribution in [0.2, 0.25) is 0 Å². The lowest BCUT2D eigenvalue weighted by atomic mass is 10.1. The molecule has 0 unspecified atom stereocenters. The number of fused-ring (bicyclic) bond motifs is 1. The average molecular weight is 400 g/mol.